The van der Waals surface area contributed by atoms with E-state index in [9.17, 15) is 8.42 Å². The van der Waals surface area contributed by atoms with Crippen molar-refractivity contribution in [3.05, 3.63) is 30.3 Å². The lowest BCUT2D eigenvalue weighted by atomic mass is 10.4. The number of halogens is 1. The fraction of sp³-hybridized carbons (Fsp3) is 0. The van der Waals surface area contributed by atoms with Crippen LogP contribution in [0, 0.1) is 6.07 Å². The summed E-state index contributed by atoms with van der Waals surface area (Å²) < 4.78 is 21.2. The number of benzene rings is 1. The van der Waals surface area contributed by atoms with Crippen molar-refractivity contribution >= 4 is 19.7 Å². The maximum atomic E-state index is 10.6. The van der Waals surface area contributed by atoms with Crippen LogP contribution in [-0.2, 0) is 9.05 Å². The Hall–Kier alpha value is -0.540. The minimum Gasteiger partial charge on any atom is -0.207 e. The molecule has 1 aromatic rings. The molecule has 1 aromatic carbocycles. The standard InChI is InChI=1S/C6H4ClO2S/c7-10(8,9)6-4-2-1-3-5-6/h2-5H. The lowest BCUT2D eigenvalue weighted by molar-refractivity contribution is 0.609. The van der Waals surface area contributed by atoms with Gasteiger partial charge < -0.3 is 0 Å². The molecule has 2 nitrogen and oxygen atoms in total. The second kappa shape index (κ2) is 2.60. The van der Waals surface area contributed by atoms with Gasteiger partial charge in [0.1, 0.15) is 0 Å². The van der Waals surface area contributed by atoms with Crippen LogP contribution in [0.1, 0.15) is 0 Å². The van der Waals surface area contributed by atoms with E-state index < -0.39 is 9.05 Å². The molecular formula is C6H4ClO2S. The van der Waals surface area contributed by atoms with Gasteiger partial charge in [-0.25, -0.2) is 8.42 Å². The van der Waals surface area contributed by atoms with Gasteiger partial charge in [0.05, 0.1) is 4.90 Å². The zero-order valence-electron chi connectivity index (χ0n) is 4.91. The van der Waals surface area contributed by atoms with E-state index in [1.54, 1.807) is 0 Å². The Morgan fingerprint density at radius 1 is 1.30 bits per heavy atom. The molecule has 0 spiro atoms. The Labute approximate surface area is 63.9 Å². The molecule has 0 unspecified atom stereocenters. The molecule has 0 atom stereocenters. The second-order valence-corrected chi connectivity index (χ2v) is 4.24. The molecule has 0 aliphatic heterocycles. The molecule has 4 heteroatoms. The van der Waals surface area contributed by atoms with Crippen LogP contribution in [-0.4, -0.2) is 8.42 Å². The Bertz CT molecular complexity index is 304. The van der Waals surface area contributed by atoms with Crippen molar-refractivity contribution in [2.75, 3.05) is 0 Å². The van der Waals surface area contributed by atoms with E-state index in [2.05, 4.69) is 6.07 Å². The summed E-state index contributed by atoms with van der Waals surface area (Å²) in [5.74, 6) is 0. The fourth-order valence-electron chi connectivity index (χ4n) is 0.534. The highest BCUT2D eigenvalue weighted by Gasteiger charge is 2.06. The molecule has 0 aromatic heterocycles. The summed E-state index contributed by atoms with van der Waals surface area (Å²) in [7, 11) is 1.47. The van der Waals surface area contributed by atoms with Crippen LogP contribution in [0.4, 0.5) is 0 Å². The van der Waals surface area contributed by atoms with E-state index in [0.717, 1.165) is 0 Å². The van der Waals surface area contributed by atoms with E-state index in [1.807, 2.05) is 0 Å². The van der Waals surface area contributed by atoms with Crippen LogP contribution < -0.4 is 0 Å². The normalized spacial score (nSPS) is 11.3. The Morgan fingerprint density at radius 3 is 2.10 bits per heavy atom. The smallest absolute Gasteiger partial charge is 0.207 e. The summed E-state index contributed by atoms with van der Waals surface area (Å²) in [6.45, 7) is 0. The largest absolute Gasteiger partial charge is 0.261 e. The average molecular weight is 176 g/mol. The summed E-state index contributed by atoms with van der Waals surface area (Å²) in [5.41, 5.74) is 0. The third kappa shape index (κ3) is 1.72. The van der Waals surface area contributed by atoms with Crippen molar-refractivity contribution < 1.29 is 8.42 Å². The van der Waals surface area contributed by atoms with Gasteiger partial charge in [0.25, 0.3) is 9.05 Å². The summed E-state index contributed by atoms with van der Waals surface area (Å²) in [6, 6.07) is 8.45. The first-order chi connectivity index (χ1) is 4.61. The first-order valence-corrected chi connectivity index (χ1v) is 4.82. The fourth-order valence-corrected chi connectivity index (χ4v) is 1.30. The molecular weight excluding hydrogens is 172 g/mol. The van der Waals surface area contributed by atoms with Gasteiger partial charge >= 0.3 is 0 Å². The van der Waals surface area contributed by atoms with Gasteiger partial charge in [-0.05, 0) is 18.2 Å². The van der Waals surface area contributed by atoms with Crippen molar-refractivity contribution in [3.8, 4) is 0 Å². The van der Waals surface area contributed by atoms with Gasteiger partial charge in [-0.2, -0.15) is 0 Å². The van der Waals surface area contributed by atoms with E-state index in [4.69, 9.17) is 10.7 Å². The summed E-state index contributed by atoms with van der Waals surface area (Å²) in [6.07, 6.45) is 0. The average Bonchev–Trinajstić information content (AvgIpc) is 1.88. The van der Waals surface area contributed by atoms with Crippen molar-refractivity contribution in [2.24, 2.45) is 0 Å². The van der Waals surface area contributed by atoms with Crippen LogP contribution in [0.15, 0.2) is 29.2 Å². The van der Waals surface area contributed by atoms with Crippen LogP contribution in [0.3, 0.4) is 0 Å². The van der Waals surface area contributed by atoms with Gasteiger partial charge in [-0.15, -0.1) is 0 Å². The quantitative estimate of drug-likeness (QED) is 0.605. The topological polar surface area (TPSA) is 34.1 Å². The van der Waals surface area contributed by atoms with E-state index in [-0.39, 0.29) is 4.90 Å². The zero-order chi connectivity index (χ0) is 7.61. The molecule has 0 bridgehead atoms. The molecule has 10 heavy (non-hydrogen) atoms. The lowest BCUT2D eigenvalue weighted by Gasteiger charge is -1.90. The monoisotopic (exact) mass is 175 g/mol. The maximum Gasteiger partial charge on any atom is 0.261 e. The van der Waals surface area contributed by atoms with E-state index >= 15 is 0 Å². The molecule has 0 saturated heterocycles. The van der Waals surface area contributed by atoms with Gasteiger partial charge in [0, 0.05) is 10.7 Å². The van der Waals surface area contributed by atoms with Crippen LogP contribution in [0.25, 0.3) is 0 Å². The third-order valence-corrected chi connectivity index (χ3v) is 2.34. The highest BCUT2D eigenvalue weighted by atomic mass is 35.7. The van der Waals surface area contributed by atoms with Crippen molar-refractivity contribution in [3.63, 3.8) is 0 Å². The predicted molar refractivity (Wildman–Crippen MR) is 38.3 cm³/mol. The maximum absolute atomic E-state index is 10.6. The highest BCUT2D eigenvalue weighted by Crippen LogP contribution is 2.12. The highest BCUT2D eigenvalue weighted by molar-refractivity contribution is 8.13. The van der Waals surface area contributed by atoms with E-state index in [1.165, 1.54) is 24.3 Å². The molecule has 53 valence electrons. The summed E-state index contributed by atoms with van der Waals surface area (Å²) in [4.78, 5) is 0.105. The molecule has 0 aliphatic carbocycles. The zero-order valence-corrected chi connectivity index (χ0v) is 6.48. The summed E-state index contributed by atoms with van der Waals surface area (Å²) >= 11 is 0. The molecule has 0 amide bonds. The van der Waals surface area contributed by atoms with E-state index in [0.29, 0.717) is 0 Å². The Kier molecular flexibility index (Phi) is 1.97. The summed E-state index contributed by atoms with van der Waals surface area (Å²) in [5, 5.41) is 0. The van der Waals surface area contributed by atoms with Crippen LogP contribution >= 0.6 is 10.7 Å². The first kappa shape index (κ1) is 7.57. The van der Waals surface area contributed by atoms with Gasteiger partial charge in [0.2, 0.25) is 0 Å². The van der Waals surface area contributed by atoms with Crippen molar-refractivity contribution in [1.82, 2.24) is 0 Å². The Balaban J connectivity index is 3.22. The van der Waals surface area contributed by atoms with Crippen molar-refractivity contribution in [2.45, 2.75) is 4.90 Å². The molecule has 1 rings (SSSR count). The minimum absolute atomic E-state index is 0.105. The lowest BCUT2D eigenvalue weighted by Crippen LogP contribution is -1.87. The van der Waals surface area contributed by atoms with Crippen LogP contribution in [0.2, 0.25) is 0 Å². The molecule has 0 fully saturated rings. The number of rotatable bonds is 1. The molecule has 0 heterocycles. The minimum atomic E-state index is -3.55. The third-order valence-electron chi connectivity index (χ3n) is 0.969. The SMILES string of the molecule is O=S(=O)(Cl)c1cc[c]cc1. The van der Waals surface area contributed by atoms with Crippen molar-refractivity contribution in [1.29, 1.82) is 0 Å². The molecule has 0 N–H and O–H groups in total. The molecule has 1 radical (unpaired) electrons. The number of hydrogen-bond acceptors (Lipinski definition) is 2. The molecule has 0 saturated carbocycles. The Morgan fingerprint density at radius 2 is 1.80 bits per heavy atom. The predicted octanol–water partition coefficient (Wildman–Crippen LogP) is 1.41. The van der Waals surface area contributed by atoms with Gasteiger partial charge in [0.15, 0.2) is 0 Å². The molecule has 0 aliphatic rings. The first-order valence-electron chi connectivity index (χ1n) is 2.51. The van der Waals surface area contributed by atoms with Crippen LogP contribution in [0.5, 0.6) is 0 Å². The second-order valence-electron chi connectivity index (χ2n) is 1.67. The number of hydrogen-bond donors (Lipinski definition) is 0. The van der Waals surface area contributed by atoms with Gasteiger partial charge in [-0.1, -0.05) is 12.1 Å². The van der Waals surface area contributed by atoms with Gasteiger partial charge in [-0.3, -0.25) is 0 Å².